The van der Waals surface area contributed by atoms with Gasteiger partial charge in [-0.05, 0) is 36.2 Å². The average Bonchev–Trinajstić information content (AvgIpc) is 2.96. The Balaban J connectivity index is 2.28. The van der Waals surface area contributed by atoms with Crippen LogP contribution in [0.3, 0.4) is 0 Å². The van der Waals surface area contributed by atoms with E-state index in [4.69, 9.17) is 0 Å². The van der Waals surface area contributed by atoms with Crippen LogP contribution >= 0.6 is 11.3 Å². The van der Waals surface area contributed by atoms with Gasteiger partial charge in [-0.15, -0.1) is 0 Å². The van der Waals surface area contributed by atoms with Gasteiger partial charge in [-0.25, -0.2) is 13.1 Å². The lowest BCUT2D eigenvalue weighted by molar-refractivity contribution is 0.277. The van der Waals surface area contributed by atoms with E-state index in [1.54, 1.807) is 13.8 Å². The van der Waals surface area contributed by atoms with Crippen molar-refractivity contribution in [1.29, 1.82) is 0 Å². The Morgan fingerprint density at radius 3 is 2.89 bits per heavy atom. The van der Waals surface area contributed by atoms with Crippen molar-refractivity contribution >= 4 is 21.4 Å². The molecule has 2 heterocycles. The monoisotopic (exact) mass is 301 g/mol. The van der Waals surface area contributed by atoms with Gasteiger partial charge in [0.05, 0.1) is 6.61 Å². The minimum Gasteiger partial charge on any atom is -0.392 e. The van der Waals surface area contributed by atoms with Crippen molar-refractivity contribution in [1.82, 2.24) is 14.9 Å². The molecule has 0 aromatic carbocycles. The number of hydrogen-bond donors (Lipinski definition) is 3. The summed E-state index contributed by atoms with van der Waals surface area (Å²) >= 11 is 1.50. The summed E-state index contributed by atoms with van der Waals surface area (Å²) < 4.78 is 27.0. The van der Waals surface area contributed by atoms with E-state index in [0.29, 0.717) is 11.3 Å². The molecule has 0 bridgehead atoms. The third-order valence-electron chi connectivity index (χ3n) is 2.82. The summed E-state index contributed by atoms with van der Waals surface area (Å²) in [6.45, 7) is 3.06. The van der Waals surface area contributed by atoms with Crippen LogP contribution in [-0.4, -0.2) is 23.7 Å². The van der Waals surface area contributed by atoms with E-state index in [-0.39, 0.29) is 17.7 Å². The predicted octanol–water partition coefficient (Wildman–Crippen LogP) is 1.31. The van der Waals surface area contributed by atoms with Crippen molar-refractivity contribution in [2.24, 2.45) is 0 Å². The number of sulfonamides is 1. The fraction of sp³-hybridized carbons (Fsp3) is 0.364. The molecule has 19 heavy (non-hydrogen) atoms. The normalized spacial score (nSPS) is 13.6. The highest BCUT2D eigenvalue weighted by molar-refractivity contribution is 7.89. The number of aliphatic hydroxyl groups is 1. The van der Waals surface area contributed by atoms with Crippen molar-refractivity contribution < 1.29 is 13.5 Å². The predicted molar refractivity (Wildman–Crippen MR) is 72.3 cm³/mol. The molecule has 0 spiro atoms. The van der Waals surface area contributed by atoms with E-state index in [9.17, 15) is 13.5 Å². The molecule has 1 unspecified atom stereocenters. The Hall–Kier alpha value is -1.22. The molecule has 2 aromatic heterocycles. The van der Waals surface area contributed by atoms with Crippen molar-refractivity contribution in [3.8, 4) is 0 Å². The van der Waals surface area contributed by atoms with Crippen LogP contribution in [0.4, 0.5) is 0 Å². The highest BCUT2D eigenvalue weighted by Crippen LogP contribution is 2.21. The molecule has 0 saturated carbocycles. The summed E-state index contributed by atoms with van der Waals surface area (Å²) in [5, 5.41) is 19.2. The Morgan fingerprint density at radius 1 is 1.58 bits per heavy atom. The number of rotatable bonds is 5. The molecule has 0 aliphatic carbocycles. The zero-order chi connectivity index (χ0) is 14.0. The van der Waals surface area contributed by atoms with Gasteiger partial charge in [0.2, 0.25) is 0 Å². The van der Waals surface area contributed by atoms with E-state index in [0.717, 1.165) is 5.56 Å². The van der Waals surface area contributed by atoms with Crippen molar-refractivity contribution in [3.05, 3.63) is 33.6 Å². The van der Waals surface area contributed by atoms with E-state index in [1.807, 2.05) is 16.8 Å². The molecule has 1 atom stereocenters. The minimum absolute atomic E-state index is 0.144. The number of aromatic amines is 1. The lowest BCUT2D eigenvalue weighted by Crippen LogP contribution is -2.27. The first-order chi connectivity index (χ1) is 8.95. The zero-order valence-electron chi connectivity index (χ0n) is 10.5. The second kappa shape index (κ2) is 5.41. The largest absolute Gasteiger partial charge is 0.392 e. The highest BCUT2D eigenvalue weighted by atomic mass is 32.2. The molecular weight excluding hydrogens is 286 g/mol. The molecule has 0 radical (unpaired) electrons. The van der Waals surface area contributed by atoms with Crippen LogP contribution in [0, 0.1) is 6.92 Å². The van der Waals surface area contributed by atoms with Crippen LogP contribution < -0.4 is 4.72 Å². The third kappa shape index (κ3) is 2.86. The molecule has 0 amide bonds. The number of aryl methyl sites for hydroxylation is 1. The first-order valence-corrected chi connectivity index (χ1v) is 8.07. The first kappa shape index (κ1) is 14.2. The van der Waals surface area contributed by atoms with Crippen LogP contribution in [0.5, 0.6) is 0 Å². The molecule has 0 fully saturated rings. The van der Waals surface area contributed by atoms with Crippen LogP contribution in [-0.2, 0) is 16.6 Å². The number of hydrogen-bond acceptors (Lipinski definition) is 5. The fourth-order valence-corrected chi connectivity index (χ4v) is 3.89. The Labute approximate surface area is 115 Å². The summed E-state index contributed by atoms with van der Waals surface area (Å²) in [6.07, 6.45) is 0. The van der Waals surface area contributed by atoms with Crippen molar-refractivity contribution in [2.75, 3.05) is 0 Å². The molecule has 0 aliphatic heterocycles. The zero-order valence-corrected chi connectivity index (χ0v) is 12.2. The van der Waals surface area contributed by atoms with E-state index in [1.165, 1.54) is 11.3 Å². The lowest BCUT2D eigenvalue weighted by Gasteiger charge is -2.12. The van der Waals surface area contributed by atoms with Gasteiger partial charge < -0.3 is 5.11 Å². The SMILES string of the molecule is Cc1[nH]nc(S(=O)(=O)NC(C)c2ccsc2)c1CO. The van der Waals surface area contributed by atoms with Crippen LogP contribution in [0.2, 0.25) is 0 Å². The first-order valence-electron chi connectivity index (χ1n) is 5.65. The second-order valence-electron chi connectivity index (χ2n) is 4.19. The number of H-pyrrole nitrogens is 1. The van der Waals surface area contributed by atoms with Gasteiger partial charge in [0.15, 0.2) is 5.03 Å². The minimum atomic E-state index is -3.76. The van der Waals surface area contributed by atoms with Gasteiger partial charge in [0.1, 0.15) is 0 Å². The summed E-state index contributed by atoms with van der Waals surface area (Å²) in [5.74, 6) is 0. The van der Waals surface area contributed by atoms with Crippen molar-refractivity contribution in [3.63, 3.8) is 0 Å². The molecule has 0 saturated heterocycles. The number of thiophene rings is 1. The Kier molecular flexibility index (Phi) is 4.04. The molecule has 104 valence electrons. The Bertz CT molecular complexity index is 647. The summed E-state index contributed by atoms with van der Waals surface area (Å²) in [5.41, 5.74) is 1.74. The summed E-state index contributed by atoms with van der Waals surface area (Å²) in [7, 11) is -3.76. The average molecular weight is 301 g/mol. The van der Waals surface area contributed by atoms with Crippen LogP contribution in [0.15, 0.2) is 21.9 Å². The summed E-state index contributed by atoms with van der Waals surface area (Å²) in [4.78, 5) is 0. The fourth-order valence-electron chi connectivity index (χ4n) is 1.72. The second-order valence-corrected chi connectivity index (χ2v) is 6.60. The quantitative estimate of drug-likeness (QED) is 0.776. The number of aliphatic hydroxyl groups excluding tert-OH is 1. The number of aromatic nitrogens is 2. The molecule has 6 nitrogen and oxygen atoms in total. The lowest BCUT2D eigenvalue weighted by atomic mass is 10.2. The number of nitrogens with one attached hydrogen (secondary N) is 2. The molecule has 0 aliphatic rings. The maximum atomic E-state index is 12.2. The summed E-state index contributed by atoms with van der Waals surface area (Å²) in [6, 6.07) is 1.51. The van der Waals surface area contributed by atoms with Gasteiger partial charge >= 0.3 is 0 Å². The Morgan fingerprint density at radius 2 is 2.32 bits per heavy atom. The van der Waals surface area contributed by atoms with Crippen LogP contribution in [0.1, 0.15) is 29.8 Å². The molecular formula is C11H15N3O3S2. The van der Waals surface area contributed by atoms with Gasteiger partial charge in [-0.3, -0.25) is 5.10 Å². The van der Waals surface area contributed by atoms with Crippen LogP contribution in [0.25, 0.3) is 0 Å². The third-order valence-corrected chi connectivity index (χ3v) is 5.04. The van der Waals surface area contributed by atoms with Gasteiger partial charge in [-0.1, -0.05) is 0 Å². The topological polar surface area (TPSA) is 95.1 Å². The maximum absolute atomic E-state index is 12.2. The van der Waals surface area contributed by atoms with E-state index >= 15 is 0 Å². The van der Waals surface area contributed by atoms with Gasteiger partial charge in [0, 0.05) is 17.3 Å². The van der Waals surface area contributed by atoms with Crippen molar-refractivity contribution in [2.45, 2.75) is 31.5 Å². The van der Waals surface area contributed by atoms with Gasteiger partial charge in [0.25, 0.3) is 10.0 Å². The molecule has 3 N–H and O–H groups in total. The number of nitrogens with zero attached hydrogens (tertiary/aromatic N) is 1. The van der Waals surface area contributed by atoms with Gasteiger partial charge in [-0.2, -0.15) is 16.4 Å². The van der Waals surface area contributed by atoms with E-state index < -0.39 is 10.0 Å². The standard InChI is InChI=1S/C11H15N3O3S2/c1-7(9-3-4-18-6-9)14-19(16,17)11-10(5-15)8(2)12-13-11/h3-4,6-7,14-15H,5H2,1-2H3,(H,12,13). The smallest absolute Gasteiger partial charge is 0.260 e. The van der Waals surface area contributed by atoms with E-state index in [2.05, 4.69) is 14.9 Å². The highest BCUT2D eigenvalue weighted by Gasteiger charge is 2.25. The molecule has 8 heteroatoms. The molecule has 2 aromatic rings. The molecule has 2 rings (SSSR count). The maximum Gasteiger partial charge on any atom is 0.260 e.